The number of carbonyl (C=O) groups is 2. The molecule has 2 aliphatic rings. The SMILES string of the molecule is CC(C)CC1(C)NC(=N)N(CC2CCN(C(=O)NCc3ccc(C(F)(F)F)c(F)c3)CC2)C1=O. The number of piperidine rings is 1. The Balaban J connectivity index is 1.48. The second kappa shape index (κ2) is 9.79. The van der Waals surface area contributed by atoms with E-state index in [2.05, 4.69) is 10.6 Å². The molecular weight excluding hydrogens is 454 g/mol. The molecule has 0 aromatic heterocycles. The Kier molecular flexibility index (Phi) is 7.42. The maximum Gasteiger partial charge on any atom is 0.419 e. The van der Waals surface area contributed by atoms with E-state index in [9.17, 15) is 27.2 Å². The minimum absolute atomic E-state index is 0.0899. The standard InChI is InChI=1S/C23H31F4N5O2/c1-14(2)11-22(3)19(33)32(20(28)30-22)13-15-6-8-31(9-7-15)21(34)29-12-16-4-5-17(18(24)10-16)23(25,26)27/h4-5,10,14-15H,6-9,11-13H2,1-3H3,(H2,28,30)(H,29,34). The molecule has 3 rings (SSSR count). The monoisotopic (exact) mass is 485 g/mol. The van der Waals surface area contributed by atoms with E-state index < -0.39 is 23.1 Å². The topological polar surface area (TPSA) is 88.5 Å². The summed E-state index contributed by atoms with van der Waals surface area (Å²) in [7, 11) is 0. The van der Waals surface area contributed by atoms with Gasteiger partial charge in [0.15, 0.2) is 5.96 Å². The predicted molar refractivity (Wildman–Crippen MR) is 118 cm³/mol. The molecule has 188 valence electrons. The van der Waals surface area contributed by atoms with Crippen LogP contribution in [0.2, 0.25) is 0 Å². The fraction of sp³-hybridized carbons (Fsp3) is 0.609. The van der Waals surface area contributed by atoms with Gasteiger partial charge in [-0.15, -0.1) is 0 Å². The number of carbonyl (C=O) groups excluding carboxylic acids is 2. The summed E-state index contributed by atoms with van der Waals surface area (Å²) in [6.07, 6.45) is -2.83. The molecule has 11 heteroatoms. The number of hydrogen-bond donors (Lipinski definition) is 3. The Bertz CT molecular complexity index is 944. The average molecular weight is 486 g/mol. The lowest BCUT2D eigenvalue weighted by Crippen LogP contribution is -2.47. The van der Waals surface area contributed by atoms with E-state index >= 15 is 0 Å². The van der Waals surface area contributed by atoms with Crippen LogP contribution in [0, 0.1) is 23.1 Å². The molecule has 1 aromatic rings. The summed E-state index contributed by atoms with van der Waals surface area (Å²) in [6.45, 7) is 7.10. The quantitative estimate of drug-likeness (QED) is 0.534. The van der Waals surface area contributed by atoms with Crippen molar-refractivity contribution in [3.8, 4) is 0 Å². The fourth-order valence-corrected chi connectivity index (χ4v) is 4.68. The Hall–Kier alpha value is -2.85. The summed E-state index contributed by atoms with van der Waals surface area (Å²) in [5.41, 5.74) is -1.88. The number of nitrogens with one attached hydrogen (secondary N) is 3. The number of halogens is 4. The molecular formula is C23H31F4N5O2. The highest BCUT2D eigenvalue weighted by atomic mass is 19.4. The van der Waals surface area contributed by atoms with E-state index in [1.165, 1.54) is 4.90 Å². The Morgan fingerprint density at radius 3 is 2.50 bits per heavy atom. The molecule has 1 unspecified atom stereocenters. The maximum absolute atomic E-state index is 13.7. The molecule has 0 aliphatic carbocycles. The summed E-state index contributed by atoms with van der Waals surface area (Å²) in [5, 5.41) is 13.8. The normalized spacial score (nSPS) is 21.9. The number of likely N-dealkylation sites (tertiary alicyclic amines) is 1. The van der Waals surface area contributed by atoms with Gasteiger partial charge in [-0.1, -0.05) is 19.9 Å². The van der Waals surface area contributed by atoms with Crippen LogP contribution in [-0.2, 0) is 17.5 Å². The Morgan fingerprint density at radius 1 is 1.29 bits per heavy atom. The Morgan fingerprint density at radius 2 is 1.94 bits per heavy atom. The summed E-state index contributed by atoms with van der Waals surface area (Å²) < 4.78 is 51.7. The third-order valence-corrected chi connectivity index (χ3v) is 6.32. The third kappa shape index (κ3) is 5.79. The van der Waals surface area contributed by atoms with Crippen LogP contribution in [0.3, 0.4) is 0 Å². The van der Waals surface area contributed by atoms with Crippen molar-refractivity contribution in [1.82, 2.24) is 20.4 Å². The van der Waals surface area contributed by atoms with Crippen molar-refractivity contribution in [3.05, 3.63) is 35.1 Å². The summed E-state index contributed by atoms with van der Waals surface area (Å²) in [4.78, 5) is 28.4. The molecule has 3 amide bonds. The first-order valence-electron chi connectivity index (χ1n) is 11.4. The first-order chi connectivity index (χ1) is 15.8. The Labute approximate surface area is 196 Å². The van der Waals surface area contributed by atoms with Crippen LogP contribution in [0.1, 0.15) is 51.2 Å². The highest BCUT2D eigenvalue weighted by Gasteiger charge is 2.46. The van der Waals surface area contributed by atoms with Crippen LogP contribution in [0.25, 0.3) is 0 Å². The summed E-state index contributed by atoms with van der Waals surface area (Å²) >= 11 is 0. The van der Waals surface area contributed by atoms with Crippen molar-refractivity contribution in [1.29, 1.82) is 5.41 Å². The van der Waals surface area contributed by atoms with Crippen molar-refractivity contribution in [2.24, 2.45) is 11.8 Å². The van der Waals surface area contributed by atoms with E-state index in [4.69, 9.17) is 5.41 Å². The van der Waals surface area contributed by atoms with Crippen molar-refractivity contribution < 1.29 is 27.2 Å². The summed E-state index contributed by atoms with van der Waals surface area (Å²) in [5.74, 6) is -0.927. The van der Waals surface area contributed by atoms with Gasteiger partial charge in [-0.2, -0.15) is 13.2 Å². The molecule has 0 bridgehead atoms. The fourth-order valence-electron chi connectivity index (χ4n) is 4.68. The zero-order valence-electron chi connectivity index (χ0n) is 19.6. The van der Waals surface area contributed by atoms with Crippen molar-refractivity contribution in [2.45, 2.75) is 58.3 Å². The minimum atomic E-state index is -4.77. The van der Waals surface area contributed by atoms with Gasteiger partial charge in [-0.25, -0.2) is 9.18 Å². The number of guanidine groups is 1. The first-order valence-corrected chi connectivity index (χ1v) is 11.4. The lowest BCUT2D eigenvalue weighted by atomic mass is 9.90. The molecule has 3 N–H and O–H groups in total. The zero-order valence-corrected chi connectivity index (χ0v) is 19.6. The van der Waals surface area contributed by atoms with Gasteiger partial charge in [0.05, 0.1) is 5.56 Å². The van der Waals surface area contributed by atoms with E-state index in [0.29, 0.717) is 50.9 Å². The zero-order chi connectivity index (χ0) is 25.3. The van der Waals surface area contributed by atoms with Crippen LogP contribution < -0.4 is 10.6 Å². The number of urea groups is 1. The number of hydrogen-bond acceptors (Lipinski definition) is 3. The lowest BCUT2D eigenvalue weighted by molar-refractivity contribution is -0.140. The molecule has 34 heavy (non-hydrogen) atoms. The average Bonchev–Trinajstić information content (AvgIpc) is 2.93. The molecule has 2 heterocycles. The van der Waals surface area contributed by atoms with Gasteiger partial charge < -0.3 is 15.5 Å². The van der Waals surface area contributed by atoms with Crippen LogP contribution in [0.5, 0.6) is 0 Å². The van der Waals surface area contributed by atoms with E-state index in [1.807, 2.05) is 20.8 Å². The van der Waals surface area contributed by atoms with Crippen LogP contribution in [-0.4, -0.2) is 52.9 Å². The van der Waals surface area contributed by atoms with Crippen LogP contribution in [0.4, 0.5) is 22.4 Å². The van der Waals surface area contributed by atoms with E-state index in [1.54, 1.807) is 4.90 Å². The van der Waals surface area contributed by atoms with Crippen LogP contribution in [0.15, 0.2) is 18.2 Å². The largest absolute Gasteiger partial charge is 0.419 e. The highest BCUT2D eigenvalue weighted by Crippen LogP contribution is 2.31. The maximum atomic E-state index is 13.7. The second-order valence-electron chi connectivity index (χ2n) is 9.72. The number of alkyl halides is 3. The van der Waals surface area contributed by atoms with Gasteiger partial charge >= 0.3 is 12.2 Å². The molecule has 2 saturated heterocycles. The third-order valence-electron chi connectivity index (χ3n) is 6.32. The minimum Gasteiger partial charge on any atom is -0.342 e. The number of rotatable bonds is 6. The van der Waals surface area contributed by atoms with Gasteiger partial charge in [0.2, 0.25) is 0 Å². The first kappa shape index (κ1) is 25.8. The molecule has 2 aliphatic heterocycles. The number of amides is 3. The molecule has 0 spiro atoms. The molecule has 1 aromatic carbocycles. The second-order valence-corrected chi connectivity index (χ2v) is 9.72. The van der Waals surface area contributed by atoms with E-state index in [0.717, 1.165) is 12.1 Å². The predicted octanol–water partition coefficient (Wildman–Crippen LogP) is 3.94. The number of benzene rings is 1. The van der Waals surface area contributed by atoms with Crippen molar-refractivity contribution in [3.63, 3.8) is 0 Å². The number of nitrogens with zero attached hydrogens (tertiary/aromatic N) is 2. The van der Waals surface area contributed by atoms with Crippen molar-refractivity contribution in [2.75, 3.05) is 19.6 Å². The van der Waals surface area contributed by atoms with Crippen LogP contribution >= 0.6 is 0 Å². The highest BCUT2D eigenvalue weighted by molar-refractivity contribution is 6.07. The van der Waals surface area contributed by atoms with Gasteiger partial charge in [0, 0.05) is 26.2 Å². The molecule has 0 radical (unpaired) electrons. The molecule has 2 fully saturated rings. The van der Waals surface area contributed by atoms with Gasteiger partial charge in [0.1, 0.15) is 11.4 Å². The van der Waals surface area contributed by atoms with Gasteiger partial charge in [-0.05, 0) is 55.7 Å². The van der Waals surface area contributed by atoms with Gasteiger partial charge in [-0.3, -0.25) is 15.1 Å². The molecule has 1 atom stereocenters. The van der Waals surface area contributed by atoms with Gasteiger partial charge in [0.25, 0.3) is 5.91 Å². The van der Waals surface area contributed by atoms with E-state index in [-0.39, 0.29) is 35.9 Å². The van der Waals surface area contributed by atoms with Crippen molar-refractivity contribution >= 4 is 17.9 Å². The molecule has 7 nitrogen and oxygen atoms in total. The molecule has 0 saturated carbocycles. The smallest absolute Gasteiger partial charge is 0.342 e. The summed E-state index contributed by atoms with van der Waals surface area (Å²) in [6, 6.07) is 2.20. The lowest BCUT2D eigenvalue weighted by Gasteiger charge is -2.33.